The molecule has 2 heterocycles. The molecule has 1 amide bonds. The molecule has 0 aliphatic carbocycles. The number of aromatic nitrogens is 2. The summed E-state index contributed by atoms with van der Waals surface area (Å²) in [5.41, 5.74) is 2.49. The van der Waals surface area contributed by atoms with E-state index in [0.29, 0.717) is 21.6 Å². The highest BCUT2D eigenvalue weighted by Gasteiger charge is 2.23. The predicted octanol–water partition coefficient (Wildman–Crippen LogP) is 6.31. The van der Waals surface area contributed by atoms with Crippen molar-refractivity contribution >= 4 is 54.9 Å². The van der Waals surface area contributed by atoms with Gasteiger partial charge in [-0.2, -0.15) is 9.78 Å². The summed E-state index contributed by atoms with van der Waals surface area (Å²) in [6, 6.07) is 24.0. The van der Waals surface area contributed by atoms with Crippen LogP contribution in [-0.4, -0.2) is 28.3 Å². The van der Waals surface area contributed by atoms with Crippen LogP contribution in [0.5, 0.6) is 0 Å². The van der Waals surface area contributed by atoms with Gasteiger partial charge in [0.15, 0.2) is 5.69 Å². The van der Waals surface area contributed by atoms with E-state index in [1.54, 1.807) is 48.7 Å². The number of carbonyl (C=O) groups is 2. The maximum Gasteiger partial charge on any atom is 0.359 e. The maximum atomic E-state index is 13.5. The lowest BCUT2D eigenvalue weighted by Crippen LogP contribution is -2.25. The zero-order valence-corrected chi connectivity index (χ0v) is 22.0. The van der Waals surface area contributed by atoms with E-state index < -0.39 is 11.5 Å². The number of rotatable bonds is 6. The van der Waals surface area contributed by atoms with E-state index in [-0.39, 0.29) is 23.6 Å². The largest absolute Gasteiger partial charge is 0.461 e. The summed E-state index contributed by atoms with van der Waals surface area (Å²) < 4.78 is 7.17. The number of esters is 1. The van der Waals surface area contributed by atoms with Crippen LogP contribution in [0, 0.1) is 0 Å². The van der Waals surface area contributed by atoms with Gasteiger partial charge in [0.2, 0.25) is 0 Å². The Kier molecular flexibility index (Phi) is 6.98. The van der Waals surface area contributed by atoms with Crippen LogP contribution in [0.3, 0.4) is 0 Å². The molecule has 1 N–H and O–H groups in total. The summed E-state index contributed by atoms with van der Waals surface area (Å²) in [5, 5.41) is 9.65. The Labute approximate surface area is 224 Å². The molecule has 0 bridgehead atoms. The first kappa shape index (κ1) is 24.6. The second kappa shape index (κ2) is 10.5. The van der Waals surface area contributed by atoms with Crippen molar-refractivity contribution in [2.75, 3.05) is 11.9 Å². The minimum atomic E-state index is -0.648. The molecule has 3 aromatic carbocycles. The minimum Gasteiger partial charge on any atom is -0.461 e. The van der Waals surface area contributed by atoms with Crippen molar-refractivity contribution < 1.29 is 14.3 Å². The van der Waals surface area contributed by atoms with E-state index in [2.05, 4.69) is 26.3 Å². The number of nitrogens with one attached hydrogen (secondary N) is 1. The van der Waals surface area contributed by atoms with Crippen LogP contribution in [0.2, 0.25) is 0 Å². The lowest BCUT2D eigenvalue weighted by Gasteiger charge is -2.10. The summed E-state index contributed by atoms with van der Waals surface area (Å²) >= 11 is 4.53. The van der Waals surface area contributed by atoms with Gasteiger partial charge >= 0.3 is 5.97 Å². The van der Waals surface area contributed by atoms with Crippen LogP contribution in [0.4, 0.5) is 5.00 Å². The Bertz CT molecular complexity index is 1660. The van der Waals surface area contributed by atoms with Crippen molar-refractivity contribution in [3.8, 4) is 16.8 Å². The molecule has 9 heteroatoms. The van der Waals surface area contributed by atoms with Crippen molar-refractivity contribution in [2.24, 2.45) is 0 Å². The van der Waals surface area contributed by atoms with Crippen molar-refractivity contribution in [3.63, 3.8) is 0 Å². The first-order valence-corrected chi connectivity index (χ1v) is 13.1. The Balaban J connectivity index is 1.54. The summed E-state index contributed by atoms with van der Waals surface area (Å²) in [5.74, 6) is -1.02. The second-order valence-corrected chi connectivity index (χ2v) is 9.81. The SMILES string of the molecule is CCOC(=O)c1nn(-c2ccc(Br)cc2)c(=O)c2c(NC(=O)c3ccc(-c4ccccc4)cc3)scc12. The molecule has 7 nitrogen and oxygen atoms in total. The van der Waals surface area contributed by atoms with Gasteiger partial charge in [-0.25, -0.2) is 4.79 Å². The van der Waals surface area contributed by atoms with Gasteiger partial charge in [-0.1, -0.05) is 58.4 Å². The smallest absolute Gasteiger partial charge is 0.359 e. The van der Waals surface area contributed by atoms with Crippen molar-refractivity contribution in [2.45, 2.75) is 6.92 Å². The third-order valence-electron chi connectivity index (χ3n) is 5.67. The maximum absolute atomic E-state index is 13.5. The van der Waals surface area contributed by atoms with Crippen molar-refractivity contribution in [1.29, 1.82) is 0 Å². The third-order valence-corrected chi connectivity index (χ3v) is 7.10. The number of nitrogens with zero attached hydrogens (tertiary/aromatic N) is 2. The topological polar surface area (TPSA) is 90.3 Å². The molecule has 0 spiro atoms. The molecule has 0 unspecified atom stereocenters. The first-order valence-electron chi connectivity index (χ1n) is 11.4. The van der Waals surface area contributed by atoms with Crippen LogP contribution in [0.1, 0.15) is 27.8 Å². The van der Waals surface area contributed by atoms with E-state index in [1.165, 1.54) is 0 Å². The monoisotopic (exact) mass is 573 g/mol. The minimum absolute atomic E-state index is 0.00308. The van der Waals surface area contributed by atoms with E-state index >= 15 is 0 Å². The molecule has 5 rings (SSSR count). The normalized spacial score (nSPS) is 10.9. The Morgan fingerprint density at radius 2 is 1.65 bits per heavy atom. The van der Waals surface area contributed by atoms with Gasteiger partial charge in [-0.05, 0) is 54.4 Å². The molecule has 0 fully saturated rings. The van der Waals surface area contributed by atoms with Gasteiger partial charge in [-0.3, -0.25) is 9.59 Å². The Morgan fingerprint density at radius 3 is 2.32 bits per heavy atom. The number of hydrogen-bond acceptors (Lipinski definition) is 6. The van der Waals surface area contributed by atoms with Gasteiger partial charge in [0, 0.05) is 20.8 Å². The van der Waals surface area contributed by atoms with Crippen LogP contribution in [0.15, 0.2) is 93.5 Å². The summed E-state index contributed by atoms with van der Waals surface area (Å²) in [6.07, 6.45) is 0. The average Bonchev–Trinajstić information content (AvgIpc) is 3.34. The second-order valence-electron chi connectivity index (χ2n) is 8.01. The molecule has 0 atom stereocenters. The van der Waals surface area contributed by atoms with Crippen molar-refractivity contribution in [1.82, 2.24) is 9.78 Å². The number of amides is 1. The number of anilines is 1. The summed E-state index contributed by atoms with van der Waals surface area (Å²) in [4.78, 5) is 39.4. The number of benzene rings is 3. The fourth-order valence-corrected chi connectivity index (χ4v) is 5.07. The average molecular weight is 574 g/mol. The van der Waals surface area contributed by atoms with Crippen molar-refractivity contribution in [3.05, 3.63) is 110 Å². The molecule has 0 aliphatic rings. The first-order chi connectivity index (χ1) is 18.0. The Morgan fingerprint density at radius 1 is 0.973 bits per heavy atom. The predicted molar refractivity (Wildman–Crippen MR) is 149 cm³/mol. The molecule has 0 radical (unpaired) electrons. The molecule has 184 valence electrons. The third kappa shape index (κ3) is 4.96. The lowest BCUT2D eigenvalue weighted by atomic mass is 10.0. The van der Waals surface area contributed by atoms with Crippen LogP contribution in [0.25, 0.3) is 27.6 Å². The Hall–Kier alpha value is -4.08. The van der Waals surface area contributed by atoms with Crippen LogP contribution < -0.4 is 10.9 Å². The number of fused-ring (bicyclic) bond motifs is 1. The van der Waals surface area contributed by atoms with Gasteiger partial charge in [0.05, 0.1) is 17.7 Å². The number of hydrogen-bond donors (Lipinski definition) is 1. The van der Waals surface area contributed by atoms with Gasteiger partial charge < -0.3 is 10.1 Å². The number of ether oxygens (including phenoxy) is 1. The van der Waals surface area contributed by atoms with Gasteiger partial charge in [0.25, 0.3) is 11.5 Å². The quantitative estimate of drug-likeness (QED) is 0.240. The van der Waals surface area contributed by atoms with E-state index in [1.807, 2.05) is 42.5 Å². The number of carbonyl (C=O) groups excluding carboxylic acids is 2. The highest BCUT2D eigenvalue weighted by atomic mass is 79.9. The van der Waals surface area contributed by atoms with E-state index in [9.17, 15) is 14.4 Å². The zero-order chi connectivity index (χ0) is 25.9. The summed E-state index contributed by atoms with van der Waals surface area (Å²) in [7, 11) is 0. The molecule has 5 aromatic rings. The number of halogens is 1. The fourth-order valence-electron chi connectivity index (χ4n) is 3.87. The van der Waals surface area contributed by atoms with E-state index in [4.69, 9.17) is 4.74 Å². The standard InChI is InChI=1S/C28H20BrN3O4S/c1-2-36-28(35)24-22-16-37-26(23(22)27(34)32(31-24)21-14-12-20(29)13-15-21)30-25(33)19-10-8-18(9-11-19)17-6-4-3-5-7-17/h3-16H,2H2,1H3,(H,30,33). The van der Waals surface area contributed by atoms with Crippen LogP contribution in [-0.2, 0) is 4.74 Å². The molecule has 0 aliphatic heterocycles. The molecule has 0 saturated heterocycles. The zero-order valence-electron chi connectivity index (χ0n) is 19.6. The van der Waals surface area contributed by atoms with Gasteiger partial charge in [0.1, 0.15) is 5.00 Å². The molecular formula is C28H20BrN3O4S. The molecule has 0 saturated carbocycles. The molecular weight excluding hydrogens is 554 g/mol. The lowest BCUT2D eigenvalue weighted by molar-refractivity contribution is 0.0520. The number of thiophene rings is 1. The van der Waals surface area contributed by atoms with E-state index in [0.717, 1.165) is 31.6 Å². The fraction of sp³-hybridized carbons (Fsp3) is 0.0714. The molecule has 2 aromatic heterocycles. The highest BCUT2D eigenvalue weighted by Crippen LogP contribution is 2.31. The van der Waals surface area contributed by atoms with Crippen LogP contribution >= 0.6 is 27.3 Å². The highest BCUT2D eigenvalue weighted by molar-refractivity contribution is 9.10. The van der Waals surface area contributed by atoms with Gasteiger partial charge in [-0.15, -0.1) is 11.3 Å². The molecule has 37 heavy (non-hydrogen) atoms. The summed E-state index contributed by atoms with van der Waals surface area (Å²) in [6.45, 7) is 1.86.